The lowest BCUT2D eigenvalue weighted by molar-refractivity contribution is -0.158. The molecule has 0 spiro atoms. The Bertz CT molecular complexity index is 348. The van der Waals surface area contributed by atoms with Crippen molar-refractivity contribution in [3.8, 4) is 0 Å². The lowest BCUT2D eigenvalue weighted by atomic mass is 10.1. The van der Waals surface area contributed by atoms with E-state index >= 15 is 0 Å². The highest BCUT2D eigenvalue weighted by Gasteiger charge is 2.45. The molecule has 0 saturated carbocycles. The van der Waals surface area contributed by atoms with E-state index in [2.05, 4.69) is 6.26 Å². The van der Waals surface area contributed by atoms with Crippen LogP contribution in [0.15, 0.2) is 0 Å². The topological polar surface area (TPSA) is 40.6 Å². The molecule has 2 heterocycles. The average molecular weight is 284 g/mol. The summed E-state index contributed by atoms with van der Waals surface area (Å²) in [6.45, 7) is 3.38. The van der Waals surface area contributed by atoms with Crippen LogP contribution in [0, 0.1) is 0 Å². The van der Waals surface area contributed by atoms with Crippen LogP contribution < -0.4 is 0 Å². The first-order valence-electron chi connectivity index (χ1n) is 7.26. The molecule has 2 atom stereocenters. The molecule has 2 aliphatic rings. The molecule has 0 N–H and O–H groups in total. The number of rotatable bonds is 6. The highest BCUT2D eigenvalue weighted by molar-refractivity contribution is 7.98. The Morgan fingerprint density at radius 1 is 1.21 bits per heavy atom. The zero-order chi connectivity index (χ0) is 13.8. The third-order valence-corrected chi connectivity index (χ3v) is 4.87. The predicted molar refractivity (Wildman–Crippen MR) is 78.1 cm³/mol. The van der Waals surface area contributed by atoms with Crippen molar-refractivity contribution in [2.45, 2.75) is 51.1 Å². The van der Waals surface area contributed by atoms with Crippen molar-refractivity contribution >= 4 is 23.6 Å². The van der Waals surface area contributed by atoms with Crippen molar-refractivity contribution in [1.29, 1.82) is 0 Å². The summed E-state index contributed by atoms with van der Waals surface area (Å²) in [4.78, 5) is 28.2. The van der Waals surface area contributed by atoms with E-state index in [1.165, 1.54) is 12.2 Å². The fourth-order valence-electron chi connectivity index (χ4n) is 3.05. The van der Waals surface area contributed by atoms with E-state index in [-0.39, 0.29) is 23.9 Å². The fourth-order valence-corrected chi connectivity index (χ4v) is 3.54. The maximum absolute atomic E-state index is 12.4. The minimum Gasteiger partial charge on any atom is -0.329 e. The molecule has 0 aromatic carbocycles. The van der Waals surface area contributed by atoms with Crippen molar-refractivity contribution < 1.29 is 9.59 Å². The van der Waals surface area contributed by atoms with Crippen LogP contribution in [0.25, 0.3) is 0 Å². The summed E-state index contributed by atoms with van der Waals surface area (Å²) in [6.07, 6.45) is 7.28. The van der Waals surface area contributed by atoms with Gasteiger partial charge in [-0.25, -0.2) is 0 Å². The number of hydrogen-bond donors (Lipinski definition) is 0. The number of unbranched alkanes of at least 4 members (excludes halogenated alkanes) is 2. The van der Waals surface area contributed by atoms with E-state index in [0.717, 1.165) is 38.8 Å². The van der Waals surface area contributed by atoms with E-state index in [1.807, 2.05) is 23.6 Å². The second-order valence-electron chi connectivity index (χ2n) is 5.45. The van der Waals surface area contributed by atoms with Gasteiger partial charge in [-0.3, -0.25) is 9.59 Å². The van der Waals surface area contributed by atoms with Crippen molar-refractivity contribution in [3.63, 3.8) is 0 Å². The second kappa shape index (κ2) is 6.64. The zero-order valence-corrected chi connectivity index (χ0v) is 12.7. The first kappa shape index (κ1) is 14.7. The summed E-state index contributed by atoms with van der Waals surface area (Å²) in [5, 5.41) is 0. The van der Waals surface area contributed by atoms with Gasteiger partial charge in [-0.1, -0.05) is 6.42 Å². The number of nitrogens with zero attached hydrogens (tertiary/aromatic N) is 2. The molecule has 0 aromatic rings. The van der Waals surface area contributed by atoms with Crippen molar-refractivity contribution in [3.05, 3.63) is 0 Å². The van der Waals surface area contributed by atoms with Crippen molar-refractivity contribution in [2.24, 2.45) is 0 Å². The standard InChI is InChI=1S/C14H24N2O2S/c1-11-13(17)16-9-6-7-12(16)14(18)15(11)8-4-3-5-10-19-2/h11-12H,3-10H2,1-2H3. The molecule has 0 radical (unpaired) electrons. The van der Waals surface area contributed by atoms with Gasteiger partial charge in [0.2, 0.25) is 11.8 Å². The summed E-state index contributed by atoms with van der Waals surface area (Å²) in [5.41, 5.74) is 0. The number of carbonyl (C=O) groups excluding carboxylic acids is 2. The molecule has 2 fully saturated rings. The molecule has 5 heteroatoms. The number of carbonyl (C=O) groups is 2. The van der Waals surface area contributed by atoms with Gasteiger partial charge in [0.05, 0.1) is 0 Å². The lowest BCUT2D eigenvalue weighted by Gasteiger charge is -2.41. The van der Waals surface area contributed by atoms with Crippen molar-refractivity contribution in [2.75, 3.05) is 25.1 Å². The molecular formula is C14H24N2O2S. The third-order valence-electron chi connectivity index (χ3n) is 4.18. The molecule has 19 heavy (non-hydrogen) atoms. The SMILES string of the molecule is CSCCCCCN1C(=O)C2CCCN2C(=O)C1C. The molecule has 108 valence electrons. The zero-order valence-electron chi connectivity index (χ0n) is 11.9. The first-order valence-corrected chi connectivity index (χ1v) is 8.66. The minimum atomic E-state index is -0.262. The van der Waals surface area contributed by atoms with Crippen LogP contribution in [0.1, 0.15) is 39.0 Å². The Morgan fingerprint density at radius 3 is 2.74 bits per heavy atom. The van der Waals surface area contributed by atoms with Crippen LogP contribution in [0.2, 0.25) is 0 Å². The van der Waals surface area contributed by atoms with Gasteiger partial charge in [-0.05, 0) is 44.6 Å². The highest BCUT2D eigenvalue weighted by Crippen LogP contribution is 2.27. The van der Waals surface area contributed by atoms with E-state index < -0.39 is 0 Å². The summed E-state index contributed by atoms with van der Waals surface area (Å²) in [5.74, 6) is 1.50. The molecule has 0 aliphatic carbocycles. The van der Waals surface area contributed by atoms with Gasteiger partial charge < -0.3 is 9.80 Å². The third kappa shape index (κ3) is 3.07. The number of piperazine rings is 1. The van der Waals surface area contributed by atoms with Crippen LogP contribution in [-0.2, 0) is 9.59 Å². The van der Waals surface area contributed by atoms with Crippen LogP contribution in [0.3, 0.4) is 0 Å². The Morgan fingerprint density at radius 2 is 2.00 bits per heavy atom. The number of thioether (sulfide) groups is 1. The van der Waals surface area contributed by atoms with Gasteiger partial charge in [-0.2, -0.15) is 11.8 Å². The Balaban J connectivity index is 1.88. The molecule has 2 unspecified atom stereocenters. The Kier molecular flexibility index (Phi) is 5.13. The maximum atomic E-state index is 12.4. The van der Waals surface area contributed by atoms with Crippen molar-refractivity contribution in [1.82, 2.24) is 9.80 Å². The quantitative estimate of drug-likeness (QED) is 0.698. The Hall–Kier alpha value is -0.710. The summed E-state index contributed by atoms with van der Waals surface area (Å²) >= 11 is 1.86. The van der Waals surface area contributed by atoms with Gasteiger partial charge in [0.25, 0.3) is 0 Å². The highest BCUT2D eigenvalue weighted by atomic mass is 32.2. The largest absolute Gasteiger partial charge is 0.329 e. The van der Waals surface area contributed by atoms with E-state index in [9.17, 15) is 9.59 Å². The number of hydrogen-bond acceptors (Lipinski definition) is 3. The summed E-state index contributed by atoms with van der Waals surface area (Å²) < 4.78 is 0. The molecule has 2 amide bonds. The van der Waals surface area contributed by atoms with Crippen LogP contribution >= 0.6 is 11.8 Å². The van der Waals surface area contributed by atoms with E-state index in [0.29, 0.717) is 0 Å². The van der Waals surface area contributed by atoms with Gasteiger partial charge in [0, 0.05) is 13.1 Å². The molecular weight excluding hydrogens is 260 g/mol. The number of amides is 2. The van der Waals surface area contributed by atoms with Gasteiger partial charge >= 0.3 is 0 Å². The Labute approximate surface area is 119 Å². The second-order valence-corrected chi connectivity index (χ2v) is 6.44. The van der Waals surface area contributed by atoms with Gasteiger partial charge in [0.1, 0.15) is 12.1 Å². The van der Waals surface area contributed by atoms with E-state index in [1.54, 1.807) is 4.90 Å². The van der Waals surface area contributed by atoms with Crippen LogP contribution in [0.4, 0.5) is 0 Å². The molecule has 2 rings (SSSR count). The monoisotopic (exact) mass is 284 g/mol. The van der Waals surface area contributed by atoms with E-state index in [4.69, 9.17) is 0 Å². The summed E-state index contributed by atoms with van der Waals surface area (Å²) in [7, 11) is 0. The molecule has 4 nitrogen and oxygen atoms in total. The lowest BCUT2D eigenvalue weighted by Crippen LogP contribution is -2.61. The average Bonchev–Trinajstić information content (AvgIpc) is 2.89. The normalized spacial score (nSPS) is 27.1. The fraction of sp³-hybridized carbons (Fsp3) is 0.857. The van der Waals surface area contributed by atoms with Crippen LogP contribution in [0.5, 0.6) is 0 Å². The first-order chi connectivity index (χ1) is 9.16. The molecule has 2 aliphatic heterocycles. The van der Waals surface area contributed by atoms with Gasteiger partial charge in [-0.15, -0.1) is 0 Å². The molecule has 0 bridgehead atoms. The maximum Gasteiger partial charge on any atom is 0.246 e. The minimum absolute atomic E-state index is 0.145. The number of fused-ring (bicyclic) bond motifs is 1. The molecule has 2 saturated heterocycles. The summed E-state index contributed by atoms with van der Waals surface area (Å²) in [6, 6.07) is -0.419. The molecule has 0 aromatic heterocycles. The predicted octanol–water partition coefficient (Wildman–Crippen LogP) is 1.74. The van der Waals surface area contributed by atoms with Crippen LogP contribution in [-0.4, -0.2) is 58.8 Å². The smallest absolute Gasteiger partial charge is 0.246 e. The van der Waals surface area contributed by atoms with Gasteiger partial charge in [0.15, 0.2) is 0 Å².